The normalized spacial score (nSPS) is 11.7. The number of rotatable bonds is 8. The van der Waals surface area contributed by atoms with E-state index in [0.29, 0.717) is 17.9 Å². The van der Waals surface area contributed by atoms with Crippen molar-refractivity contribution in [2.45, 2.75) is 52.9 Å². The Labute approximate surface area is 110 Å². The van der Waals surface area contributed by atoms with Gasteiger partial charge >= 0.3 is 11.9 Å². The van der Waals surface area contributed by atoms with Crippen LogP contribution in [0.4, 0.5) is 0 Å². The van der Waals surface area contributed by atoms with E-state index < -0.39 is 11.9 Å². The molecule has 0 aliphatic rings. The highest BCUT2D eigenvalue weighted by Crippen LogP contribution is 2.21. The highest BCUT2D eigenvalue weighted by atomic mass is 16.6. The molecule has 0 radical (unpaired) electrons. The van der Waals surface area contributed by atoms with Gasteiger partial charge in [-0.3, -0.25) is 0 Å². The lowest BCUT2D eigenvalue weighted by Crippen LogP contribution is -2.16. The Kier molecular flexibility index (Phi) is 8.01. The zero-order chi connectivity index (χ0) is 14.1. The maximum Gasteiger partial charge on any atom is 0.341 e. The van der Waals surface area contributed by atoms with E-state index in [1.54, 1.807) is 0 Å². The Balaban J connectivity index is 4.25. The molecule has 0 aromatic rings. The van der Waals surface area contributed by atoms with Gasteiger partial charge in [-0.05, 0) is 19.3 Å². The first-order valence-electron chi connectivity index (χ1n) is 6.52. The number of esters is 2. The van der Waals surface area contributed by atoms with E-state index in [4.69, 9.17) is 0 Å². The maximum absolute atomic E-state index is 11.6. The van der Waals surface area contributed by atoms with Crippen LogP contribution in [-0.4, -0.2) is 11.9 Å². The average Bonchev–Trinajstić information content (AvgIpc) is 2.33. The third-order valence-electron chi connectivity index (χ3n) is 2.90. The Hall–Kier alpha value is -1.38. The van der Waals surface area contributed by atoms with E-state index in [-0.39, 0.29) is 5.57 Å². The molecule has 0 saturated carbocycles. The van der Waals surface area contributed by atoms with Crippen molar-refractivity contribution in [2.75, 3.05) is 0 Å². The van der Waals surface area contributed by atoms with Crippen LogP contribution >= 0.6 is 0 Å². The largest absolute Gasteiger partial charge is 0.386 e. The molecule has 0 N–H and O–H groups in total. The summed E-state index contributed by atoms with van der Waals surface area (Å²) in [5.41, 5.74) is 0.585. The van der Waals surface area contributed by atoms with Crippen LogP contribution in [0, 0.1) is 5.92 Å². The predicted octanol–water partition coefficient (Wildman–Crippen LogP) is 3.80. The summed E-state index contributed by atoms with van der Waals surface area (Å²) < 4.78 is 4.65. The number of carbonyl (C=O) groups excluding carboxylic acids is 2. The van der Waals surface area contributed by atoms with Gasteiger partial charge in [-0.25, -0.2) is 9.59 Å². The van der Waals surface area contributed by atoms with Gasteiger partial charge in [-0.1, -0.05) is 52.7 Å². The summed E-state index contributed by atoms with van der Waals surface area (Å²) in [5, 5.41) is 0. The van der Waals surface area contributed by atoms with Crippen LogP contribution < -0.4 is 0 Å². The van der Waals surface area contributed by atoms with Crippen LogP contribution in [0.1, 0.15) is 52.9 Å². The summed E-state index contributed by atoms with van der Waals surface area (Å²) in [6.07, 6.45) is 4.96. The Morgan fingerprint density at radius 3 is 2.22 bits per heavy atom. The summed E-state index contributed by atoms with van der Waals surface area (Å²) in [6.45, 7) is 12.9. The standard InChI is InChI=1S/C15H24O3/c1-6-8-9-13(7-2)10-12(5)15(17)18-14(16)11(3)4/h13H,3,5-10H2,1-2,4H3. The topological polar surface area (TPSA) is 43.4 Å². The van der Waals surface area contributed by atoms with Crippen molar-refractivity contribution in [2.24, 2.45) is 5.92 Å². The first-order valence-corrected chi connectivity index (χ1v) is 6.52. The third kappa shape index (κ3) is 6.38. The van der Waals surface area contributed by atoms with E-state index in [9.17, 15) is 9.59 Å². The lowest BCUT2D eigenvalue weighted by atomic mass is 9.92. The number of carbonyl (C=O) groups is 2. The van der Waals surface area contributed by atoms with Crippen molar-refractivity contribution in [1.82, 2.24) is 0 Å². The number of ether oxygens (including phenoxy) is 1. The van der Waals surface area contributed by atoms with Gasteiger partial charge in [0.1, 0.15) is 0 Å². The summed E-state index contributed by atoms with van der Waals surface area (Å²) in [7, 11) is 0. The van der Waals surface area contributed by atoms with Crippen LogP contribution in [0.15, 0.2) is 24.3 Å². The van der Waals surface area contributed by atoms with E-state index in [1.165, 1.54) is 6.92 Å². The number of unbranched alkanes of at least 4 members (excludes halogenated alkanes) is 1. The molecule has 0 aromatic heterocycles. The average molecular weight is 252 g/mol. The SMILES string of the molecule is C=C(C)C(=O)OC(=O)C(=C)CC(CC)CCCC. The van der Waals surface area contributed by atoms with Crippen molar-refractivity contribution in [3.05, 3.63) is 24.3 Å². The highest BCUT2D eigenvalue weighted by molar-refractivity contribution is 6.00. The van der Waals surface area contributed by atoms with E-state index in [2.05, 4.69) is 31.7 Å². The summed E-state index contributed by atoms with van der Waals surface area (Å²) in [5.74, 6) is -0.870. The zero-order valence-corrected chi connectivity index (χ0v) is 11.8. The van der Waals surface area contributed by atoms with Crippen LogP contribution in [0.3, 0.4) is 0 Å². The molecule has 0 rings (SSSR count). The fourth-order valence-corrected chi connectivity index (χ4v) is 1.62. The summed E-state index contributed by atoms with van der Waals surface area (Å²) in [6, 6.07) is 0. The van der Waals surface area contributed by atoms with Crippen molar-refractivity contribution in [1.29, 1.82) is 0 Å². The minimum atomic E-state index is -0.678. The van der Waals surface area contributed by atoms with Gasteiger partial charge in [-0.15, -0.1) is 0 Å². The first-order chi connectivity index (χ1) is 8.42. The van der Waals surface area contributed by atoms with Gasteiger partial charge in [-0.2, -0.15) is 0 Å². The molecule has 0 aliphatic carbocycles. The molecule has 0 amide bonds. The van der Waals surface area contributed by atoms with Crippen molar-refractivity contribution in [3.8, 4) is 0 Å². The fraction of sp³-hybridized carbons (Fsp3) is 0.600. The third-order valence-corrected chi connectivity index (χ3v) is 2.90. The lowest BCUT2D eigenvalue weighted by Gasteiger charge is -2.14. The van der Waals surface area contributed by atoms with Crippen molar-refractivity contribution < 1.29 is 14.3 Å². The molecule has 0 saturated heterocycles. The van der Waals surface area contributed by atoms with Gasteiger partial charge in [0.25, 0.3) is 0 Å². The summed E-state index contributed by atoms with van der Waals surface area (Å²) >= 11 is 0. The highest BCUT2D eigenvalue weighted by Gasteiger charge is 2.17. The van der Waals surface area contributed by atoms with Gasteiger partial charge in [0.15, 0.2) is 0 Å². The second kappa shape index (κ2) is 8.67. The lowest BCUT2D eigenvalue weighted by molar-refractivity contribution is -0.154. The smallest absolute Gasteiger partial charge is 0.341 e. The van der Waals surface area contributed by atoms with Crippen LogP contribution in [-0.2, 0) is 14.3 Å². The molecule has 3 nitrogen and oxygen atoms in total. The Morgan fingerprint density at radius 1 is 1.17 bits per heavy atom. The molecular formula is C15H24O3. The van der Waals surface area contributed by atoms with Crippen molar-refractivity contribution in [3.63, 3.8) is 0 Å². The quantitative estimate of drug-likeness (QED) is 0.375. The molecule has 1 unspecified atom stereocenters. The number of hydrogen-bond acceptors (Lipinski definition) is 3. The van der Waals surface area contributed by atoms with E-state index in [1.807, 2.05) is 0 Å². The molecular weight excluding hydrogens is 228 g/mol. The second-order valence-corrected chi connectivity index (χ2v) is 4.68. The van der Waals surface area contributed by atoms with Crippen LogP contribution in [0.2, 0.25) is 0 Å². The molecule has 0 aromatic carbocycles. The molecule has 1 atom stereocenters. The van der Waals surface area contributed by atoms with E-state index >= 15 is 0 Å². The Bertz CT molecular complexity index is 329. The molecule has 3 heteroatoms. The monoisotopic (exact) mass is 252 g/mol. The zero-order valence-electron chi connectivity index (χ0n) is 11.8. The first kappa shape index (κ1) is 16.6. The summed E-state index contributed by atoms with van der Waals surface area (Å²) in [4.78, 5) is 22.8. The minimum Gasteiger partial charge on any atom is -0.386 e. The van der Waals surface area contributed by atoms with Crippen molar-refractivity contribution >= 4 is 11.9 Å². The number of hydrogen-bond donors (Lipinski definition) is 0. The molecule has 0 spiro atoms. The maximum atomic E-state index is 11.6. The molecule has 102 valence electrons. The molecule has 0 bridgehead atoms. The van der Waals surface area contributed by atoms with Gasteiger partial charge in [0.2, 0.25) is 0 Å². The van der Waals surface area contributed by atoms with Crippen LogP contribution in [0.5, 0.6) is 0 Å². The second-order valence-electron chi connectivity index (χ2n) is 4.68. The van der Waals surface area contributed by atoms with E-state index in [0.717, 1.165) is 25.7 Å². The molecule has 18 heavy (non-hydrogen) atoms. The molecule has 0 aliphatic heterocycles. The van der Waals surface area contributed by atoms with Gasteiger partial charge in [0.05, 0.1) is 0 Å². The molecule has 0 fully saturated rings. The Morgan fingerprint density at radius 2 is 1.78 bits per heavy atom. The predicted molar refractivity (Wildman–Crippen MR) is 73.0 cm³/mol. The van der Waals surface area contributed by atoms with Gasteiger partial charge in [0, 0.05) is 11.1 Å². The molecule has 0 heterocycles. The van der Waals surface area contributed by atoms with Gasteiger partial charge < -0.3 is 4.74 Å². The fourth-order valence-electron chi connectivity index (χ4n) is 1.62. The van der Waals surface area contributed by atoms with Crippen LogP contribution in [0.25, 0.3) is 0 Å². The minimum absolute atomic E-state index is 0.217.